The van der Waals surface area contributed by atoms with Crippen LogP contribution < -0.4 is 11.1 Å². The maximum Gasteiger partial charge on any atom is 0.241 e. The van der Waals surface area contributed by atoms with Crippen LogP contribution in [0.25, 0.3) is 0 Å². The van der Waals surface area contributed by atoms with Crippen molar-refractivity contribution in [3.05, 3.63) is 0 Å². The molecule has 4 nitrogen and oxygen atoms in total. The van der Waals surface area contributed by atoms with E-state index in [1.165, 1.54) is 0 Å². The molecule has 1 heterocycles. The highest BCUT2D eigenvalue weighted by atomic mass is 16.5. The first-order valence-corrected chi connectivity index (χ1v) is 6.54. The number of hydrogen-bond donors (Lipinski definition) is 2. The zero-order valence-corrected chi connectivity index (χ0v) is 11.4. The third-order valence-electron chi connectivity index (χ3n) is 4.57. The van der Waals surface area contributed by atoms with E-state index >= 15 is 0 Å². The van der Waals surface area contributed by atoms with Crippen LogP contribution in [0, 0.1) is 23.2 Å². The number of ether oxygens (including phenoxy) is 1. The van der Waals surface area contributed by atoms with Crippen molar-refractivity contribution in [1.29, 1.82) is 0 Å². The van der Waals surface area contributed by atoms with E-state index in [1.54, 1.807) is 6.92 Å². The minimum Gasteiger partial charge on any atom is -0.377 e. The summed E-state index contributed by atoms with van der Waals surface area (Å²) in [5.74, 6) is 5.63. The number of amides is 1. The van der Waals surface area contributed by atoms with Crippen LogP contribution in [0.15, 0.2) is 0 Å². The SMILES string of the molecule is CC#CCNC(=O)C1(N)C2CCCOC2C1(C)C. The number of nitrogens with two attached hydrogens (primary N) is 1. The highest BCUT2D eigenvalue weighted by Gasteiger charge is 2.70. The van der Waals surface area contributed by atoms with E-state index in [2.05, 4.69) is 17.2 Å². The fraction of sp³-hybridized carbons (Fsp3) is 0.786. The van der Waals surface area contributed by atoms with Gasteiger partial charge in [-0.2, -0.15) is 0 Å². The normalized spacial score (nSPS) is 36.7. The van der Waals surface area contributed by atoms with Crippen molar-refractivity contribution in [2.45, 2.75) is 45.3 Å². The molecule has 0 aromatic carbocycles. The van der Waals surface area contributed by atoms with Crippen molar-refractivity contribution in [1.82, 2.24) is 5.32 Å². The van der Waals surface area contributed by atoms with Crippen LogP contribution in [-0.4, -0.2) is 30.7 Å². The highest BCUT2D eigenvalue weighted by molar-refractivity contribution is 5.89. The van der Waals surface area contributed by atoms with Crippen LogP contribution in [0.1, 0.15) is 33.6 Å². The molecule has 2 rings (SSSR count). The lowest BCUT2D eigenvalue weighted by molar-refractivity contribution is -0.225. The summed E-state index contributed by atoms with van der Waals surface area (Å²) in [7, 11) is 0. The van der Waals surface area contributed by atoms with Gasteiger partial charge in [-0.3, -0.25) is 4.79 Å². The summed E-state index contributed by atoms with van der Waals surface area (Å²) in [6.45, 7) is 6.93. The number of nitrogens with one attached hydrogen (secondary N) is 1. The van der Waals surface area contributed by atoms with Gasteiger partial charge in [0.25, 0.3) is 0 Å². The molecule has 3 atom stereocenters. The van der Waals surface area contributed by atoms with Gasteiger partial charge in [-0.25, -0.2) is 0 Å². The molecule has 2 aliphatic rings. The van der Waals surface area contributed by atoms with E-state index in [-0.39, 0.29) is 23.3 Å². The lowest BCUT2D eigenvalue weighted by Gasteiger charge is -2.65. The lowest BCUT2D eigenvalue weighted by atomic mass is 9.46. The minimum atomic E-state index is -0.826. The molecule has 0 radical (unpaired) electrons. The predicted molar refractivity (Wildman–Crippen MR) is 69.6 cm³/mol. The van der Waals surface area contributed by atoms with Crippen molar-refractivity contribution >= 4 is 5.91 Å². The second-order valence-electron chi connectivity index (χ2n) is 5.74. The van der Waals surface area contributed by atoms with Gasteiger partial charge in [-0.1, -0.05) is 19.8 Å². The third kappa shape index (κ3) is 1.65. The zero-order valence-electron chi connectivity index (χ0n) is 11.4. The highest BCUT2D eigenvalue weighted by Crippen LogP contribution is 2.57. The molecule has 1 saturated carbocycles. The molecule has 1 aliphatic heterocycles. The summed E-state index contributed by atoms with van der Waals surface area (Å²) in [6, 6.07) is 0. The molecule has 2 fully saturated rings. The Balaban J connectivity index is 2.12. The molecule has 3 unspecified atom stereocenters. The van der Waals surface area contributed by atoms with Crippen LogP contribution in [0.5, 0.6) is 0 Å². The van der Waals surface area contributed by atoms with Crippen LogP contribution >= 0.6 is 0 Å². The molecule has 1 aliphatic carbocycles. The van der Waals surface area contributed by atoms with Gasteiger partial charge in [0.05, 0.1) is 12.6 Å². The molecule has 0 aromatic rings. The van der Waals surface area contributed by atoms with Crippen LogP contribution in [0.2, 0.25) is 0 Å². The standard InChI is InChI=1S/C14H22N2O2/c1-4-5-8-16-12(17)14(15)10-7-6-9-18-11(10)13(14,2)3/h10-11H,6-9,15H2,1-3H3,(H,16,17). The van der Waals surface area contributed by atoms with Gasteiger partial charge in [0.1, 0.15) is 5.54 Å². The van der Waals surface area contributed by atoms with Gasteiger partial charge in [-0.15, -0.1) is 5.92 Å². The fourth-order valence-electron chi connectivity index (χ4n) is 3.40. The molecule has 18 heavy (non-hydrogen) atoms. The topological polar surface area (TPSA) is 64.4 Å². The maximum absolute atomic E-state index is 12.3. The Labute approximate surface area is 109 Å². The maximum atomic E-state index is 12.3. The van der Waals surface area contributed by atoms with E-state index in [0.29, 0.717) is 6.54 Å². The first-order chi connectivity index (χ1) is 8.46. The van der Waals surface area contributed by atoms with Gasteiger partial charge in [0.15, 0.2) is 0 Å². The molecule has 3 N–H and O–H groups in total. The van der Waals surface area contributed by atoms with Crippen LogP contribution in [0.4, 0.5) is 0 Å². The fourth-order valence-corrected chi connectivity index (χ4v) is 3.40. The summed E-state index contributed by atoms with van der Waals surface area (Å²) in [4.78, 5) is 12.3. The predicted octanol–water partition coefficient (Wildman–Crippen LogP) is 0.658. The van der Waals surface area contributed by atoms with E-state index in [0.717, 1.165) is 19.4 Å². The number of carbonyl (C=O) groups is 1. The van der Waals surface area contributed by atoms with Gasteiger partial charge in [0.2, 0.25) is 5.91 Å². The Morgan fingerprint density at radius 3 is 2.94 bits per heavy atom. The second-order valence-corrected chi connectivity index (χ2v) is 5.74. The Morgan fingerprint density at radius 1 is 1.56 bits per heavy atom. The lowest BCUT2D eigenvalue weighted by Crippen LogP contribution is -2.82. The monoisotopic (exact) mass is 250 g/mol. The Kier molecular flexibility index (Phi) is 3.39. The smallest absolute Gasteiger partial charge is 0.241 e. The Bertz CT molecular complexity index is 408. The largest absolute Gasteiger partial charge is 0.377 e. The van der Waals surface area contributed by atoms with Gasteiger partial charge in [0, 0.05) is 17.9 Å². The van der Waals surface area contributed by atoms with Crippen molar-refractivity contribution in [2.75, 3.05) is 13.2 Å². The summed E-state index contributed by atoms with van der Waals surface area (Å²) >= 11 is 0. The quantitative estimate of drug-likeness (QED) is 0.708. The third-order valence-corrected chi connectivity index (χ3v) is 4.57. The minimum absolute atomic E-state index is 0.0954. The summed E-state index contributed by atoms with van der Waals surface area (Å²) < 4.78 is 5.78. The molecule has 0 bridgehead atoms. The molecule has 1 amide bonds. The molecular weight excluding hydrogens is 228 g/mol. The van der Waals surface area contributed by atoms with E-state index in [1.807, 2.05) is 13.8 Å². The first-order valence-electron chi connectivity index (χ1n) is 6.54. The number of carbonyl (C=O) groups excluding carboxylic acids is 1. The number of fused-ring (bicyclic) bond motifs is 1. The Hall–Kier alpha value is -1.05. The molecule has 100 valence electrons. The van der Waals surface area contributed by atoms with Gasteiger partial charge >= 0.3 is 0 Å². The van der Waals surface area contributed by atoms with Crippen molar-refractivity contribution in [3.8, 4) is 11.8 Å². The molecule has 0 aromatic heterocycles. The van der Waals surface area contributed by atoms with Crippen LogP contribution in [-0.2, 0) is 9.53 Å². The summed E-state index contributed by atoms with van der Waals surface area (Å²) in [6.07, 6.45) is 2.06. The average molecular weight is 250 g/mol. The van der Waals surface area contributed by atoms with Gasteiger partial charge < -0.3 is 15.8 Å². The first kappa shape index (κ1) is 13.4. The molecule has 1 saturated heterocycles. The average Bonchev–Trinajstić information content (AvgIpc) is 2.37. The number of hydrogen-bond acceptors (Lipinski definition) is 3. The van der Waals surface area contributed by atoms with Crippen molar-refractivity contribution < 1.29 is 9.53 Å². The van der Waals surface area contributed by atoms with Crippen molar-refractivity contribution in [2.24, 2.45) is 17.1 Å². The zero-order chi connectivity index (χ0) is 13.4. The van der Waals surface area contributed by atoms with E-state index in [9.17, 15) is 4.79 Å². The Morgan fingerprint density at radius 2 is 2.28 bits per heavy atom. The van der Waals surface area contributed by atoms with Crippen LogP contribution in [0.3, 0.4) is 0 Å². The van der Waals surface area contributed by atoms with Crippen molar-refractivity contribution in [3.63, 3.8) is 0 Å². The molecule has 0 spiro atoms. The molecular formula is C14H22N2O2. The summed E-state index contributed by atoms with van der Waals surface area (Å²) in [5, 5.41) is 2.82. The number of rotatable bonds is 2. The van der Waals surface area contributed by atoms with Gasteiger partial charge in [-0.05, 0) is 19.8 Å². The van der Waals surface area contributed by atoms with E-state index < -0.39 is 5.54 Å². The van der Waals surface area contributed by atoms with E-state index in [4.69, 9.17) is 10.5 Å². The molecule has 4 heteroatoms. The summed E-state index contributed by atoms with van der Waals surface area (Å²) in [5.41, 5.74) is 5.28. The second kappa shape index (κ2) is 4.56.